The van der Waals surface area contributed by atoms with E-state index in [1.54, 1.807) is 0 Å². The van der Waals surface area contributed by atoms with E-state index in [1.807, 2.05) is 67.6 Å². The highest BCUT2D eigenvalue weighted by atomic mass is 16.3. The molecule has 0 aliphatic rings. The van der Waals surface area contributed by atoms with E-state index in [9.17, 15) is 9.90 Å². The Balaban J connectivity index is 1.63. The lowest BCUT2D eigenvalue weighted by Crippen LogP contribution is -2.33. The van der Waals surface area contributed by atoms with E-state index in [1.165, 1.54) is 0 Å². The van der Waals surface area contributed by atoms with Gasteiger partial charge in [0, 0.05) is 16.9 Å². The van der Waals surface area contributed by atoms with Crippen LogP contribution < -0.4 is 5.32 Å². The van der Waals surface area contributed by atoms with Gasteiger partial charge in [-0.25, -0.2) is 0 Å². The van der Waals surface area contributed by atoms with Gasteiger partial charge < -0.3 is 15.4 Å². The minimum absolute atomic E-state index is 0.135. The fourth-order valence-electron chi connectivity index (χ4n) is 2.70. The summed E-state index contributed by atoms with van der Waals surface area (Å²) in [5, 5.41) is 14.2. The molecule has 118 valence electrons. The van der Waals surface area contributed by atoms with Crippen molar-refractivity contribution < 1.29 is 9.90 Å². The van der Waals surface area contributed by atoms with Crippen LogP contribution in [0, 0.1) is 0 Å². The van der Waals surface area contributed by atoms with Gasteiger partial charge in [0.05, 0.1) is 6.10 Å². The smallest absolute Gasteiger partial charge is 0.267 e. The zero-order chi connectivity index (χ0) is 16.2. The van der Waals surface area contributed by atoms with Gasteiger partial charge in [0.25, 0.3) is 5.91 Å². The van der Waals surface area contributed by atoms with Gasteiger partial charge in [-0.05, 0) is 31.0 Å². The van der Waals surface area contributed by atoms with Crippen molar-refractivity contribution in [3.05, 3.63) is 71.9 Å². The molecule has 0 spiro atoms. The fourth-order valence-corrected chi connectivity index (χ4v) is 2.70. The number of carbonyl (C=O) groups excluding carboxylic acids is 1. The van der Waals surface area contributed by atoms with Crippen LogP contribution in [0.15, 0.2) is 60.7 Å². The van der Waals surface area contributed by atoms with Gasteiger partial charge in [-0.15, -0.1) is 0 Å². The summed E-state index contributed by atoms with van der Waals surface area (Å²) in [7, 11) is 0. The van der Waals surface area contributed by atoms with Crippen molar-refractivity contribution in [1.82, 2.24) is 10.3 Å². The summed E-state index contributed by atoms with van der Waals surface area (Å²) in [5.41, 5.74) is 2.33. The van der Waals surface area contributed by atoms with Crippen LogP contribution in [0.1, 0.15) is 35.5 Å². The van der Waals surface area contributed by atoms with E-state index in [-0.39, 0.29) is 11.9 Å². The van der Waals surface area contributed by atoms with Crippen molar-refractivity contribution >= 4 is 16.8 Å². The van der Waals surface area contributed by atoms with Crippen LogP contribution in [0.4, 0.5) is 0 Å². The van der Waals surface area contributed by atoms with Crippen LogP contribution in [0.25, 0.3) is 10.9 Å². The molecule has 0 fully saturated rings. The highest BCUT2D eigenvalue weighted by Gasteiger charge is 2.16. The highest BCUT2D eigenvalue weighted by molar-refractivity contribution is 5.98. The standard InChI is InChI=1S/C19H20N2O2/c1-13(11-18(22)14-7-3-2-4-8-14)20-19(23)17-12-15-9-5-6-10-16(15)21-17/h2-10,12-13,18,21-22H,11H2,1H3,(H,20,23). The number of aromatic nitrogens is 1. The Hall–Kier alpha value is -2.59. The Morgan fingerprint density at radius 3 is 2.57 bits per heavy atom. The van der Waals surface area contributed by atoms with Gasteiger partial charge in [0.15, 0.2) is 0 Å². The molecule has 4 heteroatoms. The molecule has 2 atom stereocenters. The van der Waals surface area contributed by atoms with Gasteiger partial charge in [-0.1, -0.05) is 48.5 Å². The molecular formula is C19H20N2O2. The maximum Gasteiger partial charge on any atom is 0.267 e. The molecular weight excluding hydrogens is 288 g/mol. The van der Waals surface area contributed by atoms with Crippen LogP contribution >= 0.6 is 0 Å². The van der Waals surface area contributed by atoms with Gasteiger partial charge >= 0.3 is 0 Å². The number of carbonyl (C=O) groups is 1. The Morgan fingerprint density at radius 2 is 1.83 bits per heavy atom. The topological polar surface area (TPSA) is 65.1 Å². The maximum atomic E-state index is 12.3. The van der Waals surface area contributed by atoms with Crippen molar-refractivity contribution in [2.45, 2.75) is 25.5 Å². The predicted molar refractivity (Wildman–Crippen MR) is 91.2 cm³/mol. The first-order chi connectivity index (χ1) is 11.1. The molecule has 0 aliphatic heterocycles. The number of H-pyrrole nitrogens is 1. The largest absolute Gasteiger partial charge is 0.388 e. The molecule has 2 unspecified atom stereocenters. The Kier molecular flexibility index (Phi) is 4.44. The van der Waals surface area contributed by atoms with Crippen molar-refractivity contribution in [2.75, 3.05) is 0 Å². The SMILES string of the molecule is CC(CC(O)c1ccccc1)NC(=O)c1cc2ccccc2[nH]1. The zero-order valence-electron chi connectivity index (χ0n) is 13.0. The number of hydrogen-bond acceptors (Lipinski definition) is 2. The number of nitrogens with one attached hydrogen (secondary N) is 2. The third-order valence-corrected chi connectivity index (χ3v) is 3.91. The Morgan fingerprint density at radius 1 is 1.13 bits per heavy atom. The molecule has 23 heavy (non-hydrogen) atoms. The summed E-state index contributed by atoms with van der Waals surface area (Å²) in [6.45, 7) is 1.90. The number of amides is 1. The molecule has 1 aromatic heterocycles. The first-order valence-electron chi connectivity index (χ1n) is 7.75. The fraction of sp³-hybridized carbons (Fsp3) is 0.211. The second-order valence-corrected chi connectivity index (χ2v) is 5.81. The van der Waals surface area contributed by atoms with E-state index in [0.29, 0.717) is 12.1 Å². The molecule has 1 amide bonds. The summed E-state index contributed by atoms with van der Waals surface area (Å²) < 4.78 is 0. The van der Waals surface area contributed by atoms with E-state index in [2.05, 4.69) is 10.3 Å². The monoisotopic (exact) mass is 308 g/mol. The summed E-state index contributed by atoms with van der Waals surface area (Å²) in [5.74, 6) is -0.158. The molecule has 3 rings (SSSR count). The Labute approximate surface area is 135 Å². The molecule has 3 N–H and O–H groups in total. The molecule has 0 radical (unpaired) electrons. The number of hydrogen-bond donors (Lipinski definition) is 3. The lowest BCUT2D eigenvalue weighted by Gasteiger charge is -2.18. The zero-order valence-corrected chi connectivity index (χ0v) is 13.0. The second-order valence-electron chi connectivity index (χ2n) is 5.81. The van der Waals surface area contributed by atoms with Gasteiger partial charge in [0.1, 0.15) is 5.69 Å². The van der Waals surface area contributed by atoms with E-state index >= 15 is 0 Å². The average molecular weight is 308 g/mol. The van der Waals surface area contributed by atoms with Gasteiger partial charge in [-0.3, -0.25) is 4.79 Å². The molecule has 4 nitrogen and oxygen atoms in total. The minimum atomic E-state index is -0.589. The van der Waals surface area contributed by atoms with Crippen LogP contribution in [0.5, 0.6) is 0 Å². The molecule has 1 heterocycles. The first-order valence-corrected chi connectivity index (χ1v) is 7.75. The summed E-state index contributed by atoms with van der Waals surface area (Å²) >= 11 is 0. The van der Waals surface area contributed by atoms with E-state index in [4.69, 9.17) is 0 Å². The van der Waals surface area contributed by atoms with Crippen LogP contribution in [0.3, 0.4) is 0 Å². The molecule has 2 aromatic carbocycles. The van der Waals surface area contributed by atoms with Crippen molar-refractivity contribution in [1.29, 1.82) is 0 Å². The summed E-state index contributed by atoms with van der Waals surface area (Å²) in [6, 6.07) is 19.0. The van der Waals surface area contributed by atoms with Crippen LogP contribution in [-0.4, -0.2) is 22.0 Å². The summed E-state index contributed by atoms with van der Waals surface area (Å²) in [4.78, 5) is 15.4. The quantitative estimate of drug-likeness (QED) is 0.676. The average Bonchev–Trinajstić information content (AvgIpc) is 2.99. The lowest BCUT2D eigenvalue weighted by molar-refractivity contribution is 0.0913. The second kappa shape index (κ2) is 6.67. The normalized spacial score (nSPS) is 13.7. The number of para-hydroxylation sites is 1. The molecule has 0 bridgehead atoms. The molecule has 0 saturated heterocycles. The molecule has 3 aromatic rings. The number of fused-ring (bicyclic) bond motifs is 1. The number of rotatable bonds is 5. The van der Waals surface area contributed by atoms with Crippen LogP contribution in [-0.2, 0) is 0 Å². The summed E-state index contributed by atoms with van der Waals surface area (Å²) in [6.07, 6.45) is -0.120. The minimum Gasteiger partial charge on any atom is -0.388 e. The van der Waals surface area contributed by atoms with Gasteiger partial charge in [0.2, 0.25) is 0 Å². The number of aliphatic hydroxyl groups excluding tert-OH is 1. The van der Waals surface area contributed by atoms with Gasteiger partial charge in [-0.2, -0.15) is 0 Å². The third kappa shape index (κ3) is 3.60. The lowest BCUT2D eigenvalue weighted by atomic mass is 10.0. The maximum absolute atomic E-state index is 12.3. The Bertz CT molecular complexity index is 762. The van der Waals surface area contributed by atoms with Crippen molar-refractivity contribution in [3.63, 3.8) is 0 Å². The first kappa shape index (κ1) is 15.3. The highest BCUT2D eigenvalue weighted by Crippen LogP contribution is 2.18. The number of aliphatic hydroxyl groups is 1. The van der Waals surface area contributed by atoms with E-state index < -0.39 is 6.10 Å². The molecule has 0 saturated carbocycles. The van der Waals surface area contributed by atoms with E-state index in [0.717, 1.165) is 16.5 Å². The van der Waals surface area contributed by atoms with Crippen molar-refractivity contribution in [2.24, 2.45) is 0 Å². The molecule has 0 aliphatic carbocycles. The third-order valence-electron chi connectivity index (χ3n) is 3.91. The number of benzene rings is 2. The van der Waals surface area contributed by atoms with Crippen molar-refractivity contribution in [3.8, 4) is 0 Å². The predicted octanol–water partition coefficient (Wildman–Crippen LogP) is 3.41. The number of aromatic amines is 1. The van der Waals surface area contributed by atoms with Crippen LogP contribution in [0.2, 0.25) is 0 Å².